The number of anilines is 1. The van der Waals surface area contributed by atoms with Gasteiger partial charge in [0.2, 0.25) is 5.91 Å². The van der Waals surface area contributed by atoms with Gasteiger partial charge in [-0.3, -0.25) is 9.59 Å². The molecule has 0 aliphatic heterocycles. The highest BCUT2D eigenvalue weighted by atomic mass is 32.1. The minimum absolute atomic E-state index is 0.173. The lowest BCUT2D eigenvalue weighted by Crippen LogP contribution is -2.30. The molecule has 3 heterocycles. The first-order valence-corrected chi connectivity index (χ1v) is 14.7. The molecule has 210 valence electrons. The second-order valence-corrected chi connectivity index (χ2v) is 11.3. The first kappa shape index (κ1) is 26.8. The Balaban J connectivity index is 1.31. The van der Waals surface area contributed by atoms with Crippen molar-refractivity contribution in [3.8, 4) is 17.1 Å². The molecule has 5 aromatic rings. The molecule has 6 rings (SSSR count). The summed E-state index contributed by atoms with van der Waals surface area (Å²) >= 11 is 1.31. The van der Waals surface area contributed by atoms with Crippen molar-refractivity contribution in [1.29, 1.82) is 0 Å². The third-order valence-electron chi connectivity index (χ3n) is 7.51. The molecule has 0 radical (unpaired) electrons. The molecule has 2 aromatic carbocycles. The lowest BCUT2D eigenvalue weighted by atomic mass is 9.95. The summed E-state index contributed by atoms with van der Waals surface area (Å²) in [5, 5.41) is 17.9. The normalized spacial score (nSPS) is 14.7. The van der Waals surface area contributed by atoms with E-state index in [-0.39, 0.29) is 17.6 Å². The Labute approximate surface area is 241 Å². The summed E-state index contributed by atoms with van der Waals surface area (Å²) < 4.78 is 7.69. The lowest BCUT2D eigenvalue weighted by molar-refractivity contribution is -0.114. The number of phenolic OH excluding ortho intramolecular Hbond substituents is 1. The van der Waals surface area contributed by atoms with Crippen LogP contribution in [0.1, 0.15) is 72.7 Å². The predicted octanol–water partition coefficient (Wildman–Crippen LogP) is 6.64. The number of furan rings is 1. The number of fused-ring (bicyclic) bond motifs is 1. The summed E-state index contributed by atoms with van der Waals surface area (Å²) in [5.41, 5.74) is 4.75. The average molecular weight is 570 g/mol. The number of benzene rings is 2. The van der Waals surface area contributed by atoms with E-state index in [0.717, 1.165) is 40.8 Å². The number of hydrogen-bond acceptors (Lipinski definition) is 7. The Morgan fingerprint density at radius 3 is 2.63 bits per heavy atom. The number of imidazole rings is 1. The minimum Gasteiger partial charge on any atom is -0.508 e. The topological polar surface area (TPSA) is 122 Å². The van der Waals surface area contributed by atoms with Crippen LogP contribution in [0.3, 0.4) is 0 Å². The van der Waals surface area contributed by atoms with E-state index in [1.165, 1.54) is 37.5 Å². The molecule has 3 aromatic heterocycles. The lowest BCUT2D eigenvalue weighted by Gasteiger charge is -2.25. The van der Waals surface area contributed by atoms with E-state index in [9.17, 15) is 14.7 Å². The Kier molecular flexibility index (Phi) is 7.56. The number of amides is 2. The fourth-order valence-electron chi connectivity index (χ4n) is 5.54. The zero-order valence-corrected chi connectivity index (χ0v) is 23.5. The highest BCUT2D eigenvalue weighted by Crippen LogP contribution is 2.36. The summed E-state index contributed by atoms with van der Waals surface area (Å²) in [6.45, 7) is 1.43. The molecule has 1 unspecified atom stereocenters. The van der Waals surface area contributed by atoms with Gasteiger partial charge in [-0.2, -0.15) is 0 Å². The zero-order chi connectivity index (χ0) is 28.3. The molecular formula is C31H31N5O4S. The van der Waals surface area contributed by atoms with Crippen molar-refractivity contribution in [2.75, 3.05) is 5.32 Å². The van der Waals surface area contributed by atoms with Gasteiger partial charge in [0.05, 0.1) is 34.6 Å². The van der Waals surface area contributed by atoms with Crippen molar-refractivity contribution in [1.82, 2.24) is 19.9 Å². The molecule has 3 N–H and O–H groups in total. The van der Waals surface area contributed by atoms with E-state index < -0.39 is 6.04 Å². The van der Waals surface area contributed by atoms with Gasteiger partial charge in [0.15, 0.2) is 5.13 Å². The summed E-state index contributed by atoms with van der Waals surface area (Å²) in [5.74, 6) is 0.575. The first-order chi connectivity index (χ1) is 19.9. The number of nitrogens with one attached hydrogen (secondary N) is 2. The second-order valence-electron chi connectivity index (χ2n) is 10.5. The molecule has 10 heteroatoms. The quantitative estimate of drug-likeness (QED) is 0.193. The Hall–Kier alpha value is -4.44. The van der Waals surface area contributed by atoms with Crippen molar-refractivity contribution in [2.45, 2.75) is 57.5 Å². The summed E-state index contributed by atoms with van der Waals surface area (Å²) in [7, 11) is 0. The third-order valence-corrected chi connectivity index (χ3v) is 8.29. The molecule has 1 aliphatic rings. The fraction of sp³-hybridized carbons (Fsp3) is 0.290. The van der Waals surface area contributed by atoms with Crippen LogP contribution in [0, 0.1) is 0 Å². The highest BCUT2D eigenvalue weighted by Gasteiger charge is 2.25. The molecule has 0 spiro atoms. The monoisotopic (exact) mass is 569 g/mol. The van der Waals surface area contributed by atoms with E-state index in [4.69, 9.17) is 9.40 Å². The highest BCUT2D eigenvalue weighted by molar-refractivity contribution is 7.13. The molecule has 1 atom stereocenters. The van der Waals surface area contributed by atoms with Crippen molar-refractivity contribution in [3.63, 3.8) is 0 Å². The summed E-state index contributed by atoms with van der Waals surface area (Å²) in [6, 6.07) is 14.4. The Morgan fingerprint density at radius 2 is 1.90 bits per heavy atom. The molecule has 0 bridgehead atoms. The van der Waals surface area contributed by atoms with Gasteiger partial charge in [0, 0.05) is 23.9 Å². The van der Waals surface area contributed by atoms with Crippen LogP contribution >= 0.6 is 11.3 Å². The van der Waals surface area contributed by atoms with E-state index in [1.54, 1.807) is 24.7 Å². The van der Waals surface area contributed by atoms with Crippen LogP contribution in [0.15, 0.2) is 70.9 Å². The fourth-order valence-corrected chi connectivity index (χ4v) is 6.35. The standard InChI is InChI=1S/C31H31N5O4S/c1-19(37)32-31-35-27(18-41-31)25(15-20-7-10-24(38)11-8-20)34-30(39)21-9-12-28-26(16-21)33-29(22-13-14-40-17-22)36(28)23-5-3-2-4-6-23/h7-14,16-18,23,25,38H,2-6,15H2,1H3,(H,34,39)(H,32,35,37). The van der Waals surface area contributed by atoms with Crippen molar-refractivity contribution >= 4 is 39.3 Å². The Bertz CT molecular complexity index is 1670. The molecular weight excluding hydrogens is 538 g/mol. The van der Waals surface area contributed by atoms with Crippen LogP contribution in [0.5, 0.6) is 5.75 Å². The van der Waals surface area contributed by atoms with E-state index >= 15 is 0 Å². The molecule has 1 saturated carbocycles. The van der Waals surface area contributed by atoms with Gasteiger partial charge in [-0.25, -0.2) is 9.97 Å². The van der Waals surface area contributed by atoms with Gasteiger partial charge in [0.25, 0.3) is 5.91 Å². The molecule has 2 amide bonds. The maximum atomic E-state index is 13.6. The number of rotatable bonds is 8. The Morgan fingerprint density at radius 1 is 1.10 bits per heavy atom. The minimum atomic E-state index is -0.456. The zero-order valence-electron chi connectivity index (χ0n) is 22.7. The largest absolute Gasteiger partial charge is 0.508 e. The van der Waals surface area contributed by atoms with Gasteiger partial charge in [0.1, 0.15) is 17.8 Å². The molecule has 9 nitrogen and oxygen atoms in total. The number of carbonyl (C=O) groups excluding carboxylic acids is 2. The summed E-state index contributed by atoms with van der Waals surface area (Å²) in [6.07, 6.45) is 9.67. The molecule has 41 heavy (non-hydrogen) atoms. The number of hydrogen-bond donors (Lipinski definition) is 3. The van der Waals surface area contributed by atoms with Crippen molar-refractivity contribution in [2.24, 2.45) is 0 Å². The van der Waals surface area contributed by atoms with E-state index in [0.29, 0.717) is 28.9 Å². The third kappa shape index (κ3) is 5.88. The predicted molar refractivity (Wildman–Crippen MR) is 158 cm³/mol. The van der Waals surface area contributed by atoms with Crippen molar-refractivity contribution < 1.29 is 19.1 Å². The molecule has 1 aliphatic carbocycles. The van der Waals surface area contributed by atoms with E-state index in [2.05, 4.69) is 20.2 Å². The number of nitrogens with zero attached hydrogens (tertiary/aromatic N) is 3. The number of thiazole rings is 1. The van der Waals surface area contributed by atoms with Crippen LogP contribution in [0.4, 0.5) is 5.13 Å². The van der Waals surface area contributed by atoms with Crippen molar-refractivity contribution in [3.05, 3.63) is 83.3 Å². The molecule has 1 fully saturated rings. The number of aromatic nitrogens is 3. The van der Waals surface area contributed by atoms with Gasteiger partial charge in [-0.15, -0.1) is 11.3 Å². The van der Waals surface area contributed by atoms with Gasteiger partial charge in [-0.05, 0) is 61.2 Å². The smallest absolute Gasteiger partial charge is 0.251 e. The number of carbonyl (C=O) groups is 2. The van der Waals surface area contributed by atoms with Gasteiger partial charge < -0.3 is 24.7 Å². The van der Waals surface area contributed by atoms with E-state index in [1.807, 2.05) is 41.8 Å². The van der Waals surface area contributed by atoms with Crippen LogP contribution < -0.4 is 10.6 Å². The molecule has 0 saturated heterocycles. The SMILES string of the molecule is CC(=O)Nc1nc(C(Cc2ccc(O)cc2)NC(=O)c2ccc3c(c2)nc(-c2ccoc2)n3C2CCCCC2)cs1. The number of aromatic hydroxyl groups is 1. The van der Waals surface area contributed by atoms with Crippen LogP contribution in [-0.2, 0) is 11.2 Å². The van der Waals surface area contributed by atoms with Crippen LogP contribution in [-0.4, -0.2) is 31.5 Å². The second kappa shape index (κ2) is 11.6. The van der Waals surface area contributed by atoms with Gasteiger partial charge in [-0.1, -0.05) is 31.4 Å². The maximum Gasteiger partial charge on any atom is 0.251 e. The average Bonchev–Trinajstić information content (AvgIpc) is 3.73. The van der Waals surface area contributed by atoms with Gasteiger partial charge >= 0.3 is 0 Å². The van der Waals surface area contributed by atoms with Crippen LogP contribution in [0.25, 0.3) is 22.4 Å². The maximum absolute atomic E-state index is 13.6. The summed E-state index contributed by atoms with van der Waals surface area (Å²) in [4.78, 5) is 34.7. The number of phenols is 1. The first-order valence-electron chi connectivity index (χ1n) is 13.8. The van der Waals surface area contributed by atoms with Crippen LogP contribution in [0.2, 0.25) is 0 Å².